The molecule has 6 nitrogen and oxygen atoms in total. The maximum atomic E-state index is 11.6. The summed E-state index contributed by atoms with van der Waals surface area (Å²) in [5, 5.41) is 15.2. The Kier molecular flexibility index (Phi) is 6.56. The molecular weight excluding hydrogens is 270 g/mol. The number of urea groups is 1. The molecule has 1 aromatic heterocycles. The average Bonchev–Trinajstić information content (AvgIpc) is 3.17. The number of aliphatic hydroxyl groups is 1. The van der Waals surface area contributed by atoms with E-state index < -0.39 is 6.10 Å². The van der Waals surface area contributed by atoms with Gasteiger partial charge in [-0.15, -0.1) is 0 Å². The van der Waals surface area contributed by atoms with E-state index >= 15 is 0 Å². The molecule has 1 aliphatic heterocycles. The number of nitrogens with one attached hydrogen (secondary N) is 2. The summed E-state index contributed by atoms with van der Waals surface area (Å²) >= 11 is 0. The number of amides is 2. The number of furan rings is 1. The number of carbonyl (C=O) groups is 1. The van der Waals surface area contributed by atoms with Crippen LogP contribution >= 0.6 is 0 Å². The Balaban J connectivity index is 1.47. The van der Waals surface area contributed by atoms with Crippen LogP contribution in [-0.4, -0.2) is 48.8 Å². The highest BCUT2D eigenvalue weighted by molar-refractivity contribution is 5.73. The molecule has 1 aromatic rings. The van der Waals surface area contributed by atoms with Gasteiger partial charge < -0.3 is 25.1 Å². The van der Waals surface area contributed by atoms with Crippen molar-refractivity contribution in [1.82, 2.24) is 15.5 Å². The van der Waals surface area contributed by atoms with E-state index in [-0.39, 0.29) is 12.6 Å². The Hall–Kier alpha value is -1.53. The fourth-order valence-electron chi connectivity index (χ4n) is 2.50. The van der Waals surface area contributed by atoms with Gasteiger partial charge in [0.25, 0.3) is 0 Å². The lowest BCUT2D eigenvalue weighted by Gasteiger charge is -2.14. The van der Waals surface area contributed by atoms with Crippen LogP contribution in [0.1, 0.15) is 37.5 Å². The van der Waals surface area contributed by atoms with Crippen molar-refractivity contribution >= 4 is 6.03 Å². The molecule has 0 aliphatic carbocycles. The highest BCUT2D eigenvalue weighted by Crippen LogP contribution is 2.11. The van der Waals surface area contributed by atoms with E-state index in [1.54, 1.807) is 12.1 Å². The van der Waals surface area contributed by atoms with Crippen LogP contribution in [0.4, 0.5) is 4.79 Å². The van der Waals surface area contributed by atoms with Gasteiger partial charge >= 0.3 is 6.03 Å². The smallest absolute Gasteiger partial charge is 0.314 e. The van der Waals surface area contributed by atoms with Crippen LogP contribution in [0, 0.1) is 0 Å². The molecule has 0 aromatic carbocycles. The fraction of sp³-hybridized carbons (Fsp3) is 0.667. The molecule has 2 rings (SSSR count). The molecule has 0 spiro atoms. The largest absolute Gasteiger partial charge is 0.467 e. The van der Waals surface area contributed by atoms with Crippen LogP contribution < -0.4 is 10.6 Å². The Morgan fingerprint density at radius 3 is 2.86 bits per heavy atom. The summed E-state index contributed by atoms with van der Waals surface area (Å²) in [6.45, 7) is 4.38. The van der Waals surface area contributed by atoms with E-state index in [4.69, 9.17) is 4.42 Å². The van der Waals surface area contributed by atoms with E-state index in [0.29, 0.717) is 12.3 Å². The summed E-state index contributed by atoms with van der Waals surface area (Å²) in [5.41, 5.74) is 0. The van der Waals surface area contributed by atoms with Crippen molar-refractivity contribution in [3.05, 3.63) is 24.2 Å². The molecule has 0 saturated carbocycles. The third kappa shape index (κ3) is 5.77. The molecule has 1 saturated heterocycles. The third-order valence-corrected chi connectivity index (χ3v) is 3.71. The minimum Gasteiger partial charge on any atom is -0.467 e. The zero-order valence-electron chi connectivity index (χ0n) is 12.4. The molecule has 0 bridgehead atoms. The van der Waals surface area contributed by atoms with Gasteiger partial charge in [-0.25, -0.2) is 4.79 Å². The molecule has 0 radical (unpaired) electrons. The number of aliphatic hydroxyl groups excluding tert-OH is 1. The number of unbranched alkanes of at least 4 members (excludes halogenated alkanes) is 1. The summed E-state index contributed by atoms with van der Waals surface area (Å²) in [6, 6.07) is 3.14. The summed E-state index contributed by atoms with van der Waals surface area (Å²) in [6.07, 6.45) is 5.41. The second-order valence-corrected chi connectivity index (χ2v) is 5.42. The van der Waals surface area contributed by atoms with Gasteiger partial charge in [0.05, 0.1) is 12.8 Å². The predicted octanol–water partition coefficient (Wildman–Crippen LogP) is 1.49. The summed E-state index contributed by atoms with van der Waals surface area (Å²) in [4.78, 5) is 14.0. The Bertz CT molecular complexity index is 402. The van der Waals surface area contributed by atoms with Gasteiger partial charge in [-0.1, -0.05) is 0 Å². The first-order chi connectivity index (χ1) is 10.3. The highest BCUT2D eigenvalue weighted by atomic mass is 16.4. The van der Waals surface area contributed by atoms with E-state index in [1.807, 2.05) is 0 Å². The zero-order valence-corrected chi connectivity index (χ0v) is 12.4. The average molecular weight is 295 g/mol. The maximum absolute atomic E-state index is 11.6. The topological polar surface area (TPSA) is 77.7 Å². The molecule has 3 N–H and O–H groups in total. The van der Waals surface area contributed by atoms with Crippen molar-refractivity contribution < 1.29 is 14.3 Å². The van der Waals surface area contributed by atoms with Crippen LogP contribution in [0.2, 0.25) is 0 Å². The quantitative estimate of drug-likeness (QED) is 0.635. The van der Waals surface area contributed by atoms with Gasteiger partial charge in [0, 0.05) is 6.54 Å². The Labute approximate surface area is 125 Å². The summed E-state index contributed by atoms with van der Waals surface area (Å²) < 4.78 is 5.06. The van der Waals surface area contributed by atoms with E-state index in [0.717, 1.165) is 19.4 Å². The summed E-state index contributed by atoms with van der Waals surface area (Å²) in [5.74, 6) is 0.459. The van der Waals surface area contributed by atoms with Gasteiger partial charge in [0.2, 0.25) is 0 Å². The monoisotopic (exact) mass is 295 g/mol. The second kappa shape index (κ2) is 8.69. The first-order valence-corrected chi connectivity index (χ1v) is 7.71. The Morgan fingerprint density at radius 1 is 1.33 bits per heavy atom. The standard InChI is InChI=1S/C15H25N3O3/c19-13(14-6-5-11-21-14)12-17-15(20)16-7-1-2-8-18-9-3-4-10-18/h5-6,11,13,19H,1-4,7-10,12H2,(H2,16,17,20). The molecule has 1 atom stereocenters. The van der Waals surface area contributed by atoms with Gasteiger partial charge in [-0.2, -0.15) is 0 Å². The maximum Gasteiger partial charge on any atom is 0.314 e. The van der Waals surface area contributed by atoms with Crippen LogP contribution in [0.15, 0.2) is 22.8 Å². The predicted molar refractivity (Wildman–Crippen MR) is 80.0 cm³/mol. The van der Waals surface area contributed by atoms with Crippen molar-refractivity contribution in [3.8, 4) is 0 Å². The number of hydrogen-bond donors (Lipinski definition) is 3. The molecular formula is C15H25N3O3. The molecule has 1 unspecified atom stereocenters. The molecule has 1 aliphatic rings. The van der Waals surface area contributed by atoms with Crippen LogP contribution in [0.3, 0.4) is 0 Å². The fourth-order valence-corrected chi connectivity index (χ4v) is 2.50. The molecule has 2 heterocycles. The normalized spacial score (nSPS) is 16.8. The van der Waals surface area contributed by atoms with Crippen molar-refractivity contribution in [2.45, 2.75) is 31.8 Å². The lowest BCUT2D eigenvalue weighted by atomic mass is 10.3. The van der Waals surface area contributed by atoms with Gasteiger partial charge in [0.15, 0.2) is 0 Å². The highest BCUT2D eigenvalue weighted by Gasteiger charge is 2.12. The number of carbonyl (C=O) groups excluding carboxylic acids is 1. The third-order valence-electron chi connectivity index (χ3n) is 3.71. The minimum atomic E-state index is -0.805. The molecule has 6 heteroatoms. The second-order valence-electron chi connectivity index (χ2n) is 5.42. The van der Waals surface area contributed by atoms with E-state index in [1.165, 1.54) is 32.2 Å². The van der Waals surface area contributed by atoms with Crippen LogP contribution in [0.5, 0.6) is 0 Å². The van der Waals surface area contributed by atoms with Gasteiger partial charge in [-0.05, 0) is 57.5 Å². The minimum absolute atomic E-state index is 0.146. The van der Waals surface area contributed by atoms with E-state index in [9.17, 15) is 9.90 Å². The number of rotatable bonds is 8. The van der Waals surface area contributed by atoms with E-state index in [2.05, 4.69) is 15.5 Å². The SMILES string of the molecule is O=C(NCCCCN1CCCC1)NCC(O)c1ccco1. The first kappa shape index (κ1) is 15.9. The number of hydrogen-bond acceptors (Lipinski definition) is 4. The van der Waals surface area contributed by atoms with Crippen molar-refractivity contribution in [1.29, 1.82) is 0 Å². The van der Waals surface area contributed by atoms with Crippen LogP contribution in [0.25, 0.3) is 0 Å². The first-order valence-electron chi connectivity index (χ1n) is 7.71. The van der Waals surface area contributed by atoms with Gasteiger partial charge in [-0.3, -0.25) is 0 Å². The van der Waals surface area contributed by atoms with Crippen molar-refractivity contribution in [2.24, 2.45) is 0 Å². The number of likely N-dealkylation sites (tertiary alicyclic amines) is 1. The number of nitrogens with zero attached hydrogens (tertiary/aromatic N) is 1. The molecule has 1 fully saturated rings. The molecule has 118 valence electrons. The Morgan fingerprint density at radius 2 is 2.14 bits per heavy atom. The van der Waals surface area contributed by atoms with Crippen molar-refractivity contribution in [2.75, 3.05) is 32.7 Å². The zero-order chi connectivity index (χ0) is 14.9. The van der Waals surface area contributed by atoms with Crippen molar-refractivity contribution in [3.63, 3.8) is 0 Å². The van der Waals surface area contributed by atoms with Crippen LogP contribution in [-0.2, 0) is 0 Å². The van der Waals surface area contributed by atoms with Gasteiger partial charge in [0.1, 0.15) is 11.9 Å². The molecule has 2 amide bonds. The summed E-state index contributed by atoms with van der Waals surface area (Å²) in [7, 11) is 0. The lowest BCUT2D eigenvalue weighted by molar-refractivity contribution is 0.148. The molecule has 21 heavy (non-hydrogen) atoms. The lowest BCUT2D eigenvalue weighted by Crippen LogP contribution is -2.38.